The summed E-state index contributed by atoms with van der Waals surface area (Å²) in [5, 5.41) is 10.5. The van der Waals surface area contributed by atoms with E-state index in [0.717, 1.165) is 18.4 Å². The Morgan fingerprint density at radius 2 is 1.79 bits per heavy atom. The lowest BCUT2D eigenvalue weighted by atomic mass is 10.1. The third-order valence-electron chi connectivity index (χ3n) is 3.15. The van der Waals surface area contributed by atoms with Crippen molar-refractivity contribution in [3.63, 3.8) is 0 Å². The number of hydrogen-bond acceptors (Lipinski definition) is 5. The van der Waals surface area contributed by atoms with Gasteiger partial charge in [0.15, 0.2) is 15.6 Å². The molecular formula is C16H12FNO5S. The smallest absolute Gasteiger partial charge is 0.269 e. The van der Waals surface area contributed by atoms with Crippen molar-refractivity contribution < 1.29 is 22.5 Å². The number of benzene rings is 2. The van der Waals surface area contributed by atoms with Crippen LogP contribution in [0.4, 0.5) is 10.1 Å². The van der Waals surface area contributed by atoms with Crippen LogP contribution >= 0.6 is 0 Å². The Bertz CT molecular complexity index is 933. The van der Waals surface area contributed by atoms with Gasteiger partial charge < -0.3 is 0 Å². The minimum Gasteiger partial charge on any atom is -0.289 e. The highest BCUT2D eigenvalue weighted by molar-refractivity contribution is 7.90. The van der Waals surface area contributed by atoms with E-state index in [-0.39, 0.29) is 11.3 Å². The van der Waals surface area contributed by atoms with Crippen LogP contribution in [0.3, 0.4) is 0 Å². The van der Waals surface area contributed by atoms with Crippen molar-refractivity contribution in [2.24, 2.45) is 0 Å². The molecule has 6 nitrogen and oxygen atoms in total. The Hall–Kier alpha value is -2.87. The van der Waals surface area contributed by atoms with E-state index >= 15 is 0 Å². The number of nitro groups is 1. The lowest BCUT2D eigenvalue weighted by Gasteiger charge is -2.02. The maximum atomic E-state index is 13.8. The molecule has 2 aromatic carbocycles. The van der Waals surface area contributed by atoms with Crippen LogP contribution in [0.1, 0.15) is 15.9 Å². The summed E-state index contributed by atoms with van der Waals surface area (Å²) in [6.07, 6.45) is 3.48. The Morgan fingerprint density at radius 3 is 2.29 bits per heavy atom. The summed E-state index contributed by atoms with van der Waals surface area (Å²) in [5.41, 5.74) is 0.483. The van der Waals surface area contributed by atoms with Gasteiger partial charge in [-0.05, 0) is 42.0 Å². The van der Waals surface area contributed by atoms with Crippen LogP contribution in [0, 0.1) is 15.9 Å². The van der Waals surface area contributed by atoms with Gasteiger partial charge >= 0.3 is 0 Å². The van der Waals surface area contributed by atoms with Crippen LogP contribution in [-0.2, 0) is 9.84 Å². The predicted octanol–water partition coefficient (Wildman–Crippen LogP) is 3.03. The van der Waals surface area contributed by atoms with Gasteiger partial charge in [-0.3, -0.25) is 14.9 Å². The first-order chi connectivity index (χ1) is 11.2. The van der Waals surface area contributed by atoms with E-state index in [1.54, 1.807) is 0 Å². The highest BCUT2D eigenvalue weighted by atomic mass is 32.2. The van der Waals surface area contributed by atoms with Crippen molar-refractivity contribution >= 4 is 27.4 Å². The summed E-state index contributed by atoms with van der Waals surface area (Å²) >= 11 is 0. The quantitative estimate of drug-likeness (QED) is 0.358. The van der Waals surface area contributed by atoms with Crippen molar-refractivity contribution in [1.82, 2.24) is 0 Å². The SMILES string of the molecule is CS(=O)(=O)c1ccc(C(=O)/C=C/c2ccc([N+](=O)[O-])cc2)cc1F. The Labute approximate surface area is 137 Å². The molecule has 0 saturated carbocycles. The first-order valence-corrected chi connectivity index (χ1v) is 8.54. The molecule has 0 amide bonds. The molecule has 2 rings (SSSR count). The van der Waals surface area contributed by atoms with Gasteiger partial charge in [-0.2, -0.15) is 0 Å². The maximum Gasteiger partial charge on any atom is 0.269 e. The molecule has 0 aliphatic carbocycles. The number of nitrogens with zero attached hydrogens (tertiary/aromatic N) is 1. The zero-order valence-electron chi connectivity index (χ0n) is 12.5. The summed E-state index contributed by atoms with van der Waals surface area (Å²) in [5.74, 6) is -1.51. The van der Waals surface area contributed by atoms with Crippen molar-refractivity contribution in [3.05, 3.63) is 75.6 Å². The van der Waals surface area contributed by atoms with E-state index < -0.39 is 31.3 Å². The van der Waals surface area contributed by atoms with Crippen LogP contribution < -0.4 is 0 Å². The second-order valence-corrected chi connectivity index (χ2v) is 6.95. The summed E-state index contributed by atoms with van der Waals surface area (Å²) in [6, 6.07) is 8.65. The highest BCUT2D eigenvalue weighted by Gasteiger charge is 2.15. The fraction of sp³-hybridized carbons (Fsp3) is 0.0625. The Morgan fingerprint density at radius 1 is 1.17 bits per heavy atom. The van der Waals surface area contributed by atoms with E-state index in [1.165, 1.54) is 42.5 Å². The van der Waals surface area contributed by atoms with Gasteiger partial charge in [-0.25, -0.2) is 12.8 Å². The van der Waals surface area contributed by atoms with Gasteiger partial charge in [0.1, 0.15) is 10.7 Å². The zero-order chi connectivity index (χ0) is 17.9. The molecule has 0 atom stereocenters. The molecule has 0 spiro atoms. The molecule has 24 heavy (non-hydrogen) atoms. The molecule has 2 aromatic rings. The third-order valence-corrected chi connectivity index (χ3v) is 4.28. The normalized spacial score (nSPS) is 11.6. The fourth-order valence-corrected chi connectivity index (χ4v) is 2.66. The second-order valence-electron chi connectivity index (χ2n) is 4.96. The molecule has 0 aromatic heterocycles. The van der Waals surface area contributed by atoms with E-state index in [9.17, 15) is 27.7 Å². The number of non-ortho nitro benzene ring substituents is 1. The van der Waals surface area contributed by atoms with Gasteiger partial charge in [0.25, 0.3) is 5.69 Å². The lowest BCUT2D eigenvalue weighted by Crippen LogP contribution is -2.03. The van der Waals surface area contributed by atoms with Gasteiger partial charge in [-0.1, -0.05) is 6.08 Å². The minimum atomic E-state index is -3.70. The maximum absolute atomic E-state index is 13.8. The van der Waals surface area contributed by atoms with Gasteiger partial charge in [0, 0.05) is 24.0 Å². The van der Waals surface area contributed by atoms with Crippen LogP contribution in [0.15, 0.2) is 53.4 Å². The van der Waals surface area contributed by atoms with Gasteiger partial charge in [0.05, 0.1) is 4.92 Å². The largest absolute Gasteiger partial charge is 0.289 e. The highest BCUT2D eigenvalue weighted by Crippen LogP contribution is 2.17. The molecule has 0 N–H and O–H groups in total. The van der Waals surface area contributed by atoms with Crippen molar-refractivity contribution in [2.45, 2.75) is 4.90 Å². The fourth-order valence-electron chi connectivity index (χ4n) is 1.93. The standard InChI is InChI=1S/C16H12FNO5S/c1-24(22,23)16-9-5-12(10-14(16)17)15(19)8-4-11-2-6-13(7-3-11)18(20)21/h2-10H,1H3/b8-4+. The topological polar surface area (TPSA) is 94.3 Å². The molecule has 0 radical (unpaired) electrons. The summed E-state index contributed by atoms with van der Waals surface area (Å²) < 4.78 is 36.4. The second kappa shape index (κ2) is 6.71. The molecule has 124 valence electrons. The number of sulfone groups is 1. The first-order valence-electron chi connectivity index (χ1n) is 6.65. The minimum absolute atomic E-state index is 0.00179. The zero-order valence-corrected chi connectivity index (χ0v) is 13.3. The molecule has 0 aliphatic heterocycles. The lowest BCUT2D eigenvalue weighted by molar-refractivity contribution is -0.384. The van der Waals surface area contributed by atoms with Crippen molar-refractivity contribution in [2.75, 3.05) is 6.26 Å². The number of rotatable bonds is 5. The number of nitro benzene ring substituents is 1. The third kappa shape index (κ3) is 4.11. The molecule has 0 heterocycles. The summed E-state index contributed by atoms with van der Waals surface area (Å²) in [4.78, 5) is 21.5. The van der Waals surface area contributed by atoms with E-state index in [2.05, 4.69) is 0 Å². The van der Waals surface area contributed by atoms with Crippen LogP contribution in [0.2, 0.25) is 0 Å². The van der Waals surface area contributed by atoms with Crippen LogP contribution in [0.5, 0.6) is 0 Å². The average molecular weight is 349 g/mol. The Balaban J connectivity index is 2.20. The molecular weight excluding hydrogens is 337 g/mol. The molecule has 0 aliphatic rings. The van der Waals surface area contributed by atoms with Crippen molar-refractivity contribution in [3.8, 4) is 0 Å². The van der Waals surface area contributed by atoms with Gasteiger partial charge in [-0.15, -0.1) is 0 Å². The molecule has 0 fully saturated rings. The number of halogens is 1. The van der Waals surface area contributed by atoms with E-state index in [0.29, 0.717) is 5.56 Å². The van der Waals surface area contributed by atoms with Crippen LogP contribution in [0.25, 0.3) is 6.08 Å². The van der Waals surface area contributed by atoms with Gasteiger partial charge in [0.2, 0.25) is 0 Å². The summed E-state index contributed by atoms with van der Waals surface area (Å²) in [6.45, 7) is 0. The van der Waals surface area contributed by atoms with E-state index in [1.807, 2.05) is 0 Å². The van der Waals surface area contributed by atoms with Crippen molar-refractivity contribution in [1.29, 1.82) is 0 Å². The summed E-state index contributed by atoms with van der Waals surface area (Å²) in [7, 11) is -3.70. The average Bonchev–Trinajstić information content (AvgIpc) is 2.51. The van der Waals surface area contributed by atoms with Crippen LogP contribution in [-0.4, -0.2) is 25.4 Å². The monoisotopic (exact) mass is 349 g/mol. The number of ketones is 1. The first kappa shape index (κ1) is 17.5. The predicted molar refractivity (Wildman–Crippen MR) is 86.0 cm³/mol. The Kier molecular flexibility index (Phi) is 4.89. The molecule has 0 bridgehead atoms. The number of allylic oxidation sites excluding steroid dienone is 1. The molecule has 8 heteroatoms. The number of hydrogen-bond donors (Lipinski definition) is 0. The van der Waals surface area contributed by atoms with E-state index in [4.69, 9.17) is 0 Å². The molecule has 0 unspecified atom stereocenters. The number of carbonyl (C=O) groups excluding carboxylic acids is 1. The molecule has 0 saturated heterocycles. The number of carbonyl (C=O) groups is 1.